The van der Waals surface area contributed by atoms with Crippen LogP contribution in [0.25, 0.3) is 0 Å². The smallest absolute Gasteiger partial charge is 0.340 e. The molecular weight excluding hydrogens is 617 g/mol. The van der Waals surface area contributed by atoms with E-state index in [0.29, 0.717) is 23.3 Å². The molecule has 1 spiro atoms. The second-order valence-corrected chi connectivity index (χ2v) is 14.8. The Hall–Kier alpha value is -4.25. The molecule has 0 amide bonds. The van der Waals surface area contributed by atoms with Crippen molar-refractivity contribution in [2.24, 2.45) is 5.92 Å². The van der Waals surface area contributed by atoms with Gasteiger partial charge in [0, 0.05) is 34.2 Å². The number of carbonyl (C=O) groups excluding carboxylic acids is 1. The summed E-state index contributed by atoms with van der Waals surface area (Å²) < 4.78 is 13.5. The second kappa shape index (κ2) is 15.7. The van der Waals surface area contributed by atoms with E-state index in [1.807, 2.05) is 42.5 Å². The summed E-state index contributed by atoms with van der Waals surface area (Å²) in [6.45, 7) is 4.37. The van der Waals surface area contributed by atoms with Crippen LogP contribution in [-0.2, 0) is 10.3 Å². The number of benzene rings is 4. The van der Waals surface area contributed by atoms with Gasteiger partial charge in [0.2, 0.25) is 0 Å². The van der Waals surface area contributed by atoms with Gasteiger partial charge in [-0.2, -0.15) is 0 Å². The number of anilines is 3. The molecule has 2 N–H and O–H groups in total. The molecule has 7 rings (SSSR count). The first-order valence-corrected chi connectivity index (χ1v) is 19.5. The normalized spacial score (nSPS) is 18.5. The Morgan fingerprint density at radius 2 is 1.46 bits per heavy atom. The lowest BCUT2D eigenvalue weighted by atomic mass is 9.76. The van der Waals surface area contributed by atoms with Gasteiger partial charge in [-0.3, -0.25) is 0 Å². The molecular formula is C45H54N2O3. The van der Waals surface area contributed by atoms with E-state index in [-0.39, 0.29) is 5.97 Å². The van der Waals surface area contributed by atoms with Crippen LogP contribution < -0.4 is 15.4 Å². The number of esters is 1. The Bertz CT molecular complexity index is 1760. The van der Waals surface area contributed by atoms with Crippen molar-refractivity contribution >= 4 is 23.0 Å². The van der Waals surface area contributed by atoms with Crippen LogP contribution in [0.5, 0.6) is 11.5 Å². The van der Waals surface area contributed by atoms with Gasteiger partial charge in [-0.25, -0.2) is 4.79 Å². The quantitative estimate of drug-likeness (QED) is 0.0973. The number of fused-ring (bicyclic) bond motifs is 6. The molecule has 2 atom stereocenters. The van der Waals surface area contributed by atoms with Gasteiger partial charge in [0.1, 0.15) is 11.5 Å². The predicted molar refractivity (Wildman–Crippen MR) is 205 cm³/mol. The third-order valence-electron chi connectivity index (χ3n) is 11.3. The van der Waals surface area contributed by atoms with Crippen molar-refractivity contribution in [3.8, 4) is 11.5 Å². The molecule has 3 aliphatic rings. The Labute approximate surface area is 299 Å². The van der Waals surface area contributed by atoms with Crippen LogP contribution in [0.2, 0.25) is 0 Å². The van der Waals surface area contributed by atoms with Crippen LogP contribution in [0.3, 0.4) is 0 Å². The third-order valence-corrected chi connectivity index (χ3v) is 11.3. The van der Waals surface area contributed by atoms with Crippen molar-refractivity contribution < 1.29 is 14.3 Å². The SMILES string of the molecule is CCCCCCCCCCCC(Nc1cccc2c1C1(OC(=O)c3ccccc31)c1cc(Nc3ccccc3)c(C)cc1O2)C1CCCCC1. The average Bonchev–Trinajstić information content (AvgIpc) is 3.43. The molecule has 0 aromatic heterocycles. The number of carbonyl (C=O) groups is 1. The van der Waals surface area contributed by atoms with Gasteiger partial charge in [-0.15, -0.1) is 0 Å². The van der Waals surface area contributed by atoms with Gasteiger partial charge >= 0.3 is 5.97 Å². The fourth-order valence-corrected chi connectivity index (χ4v) is 8.65. The Balaban J connectivity index is 1.23. The zero-order chi connectivity index (χ0) is 34.3. The van der Waals surface area contributed by atoms with Crippen LogP contribution in [0.1, 0.15) is 136 Å². The molecule has 0 radical (unpaired) electrons. The van der Waals surface area contributed by atoms with E-state index in [9.17, 15) is 4.79 Å². The number of unbranched alkanes of at least 4 members (excludes halogenated alkanes) is 8. The summed E-state index contributed by atoms with van der Waals surface area (Å²) in [6, 6.07) is 28.9. The Morgan fingerprint density at radius 1 is 0.740 bits per heavy atom. The zero-order valence-corrected chi connectivity index (χ0v) is 30.1. The molecule has 1 fully saturated rings. The zero-order valence-electron chi connectivity index (χ0n) is 30.1. The number of aryl methyl sites for hydroxylation is 1. The highest BCUT2D eigenvalue weighted by Gasteiger charge is 2.55. The van der Waals surface area contributed by atoms with Crippen molar-refractivity contribution in [1.29, 1.82) is 0 Å². The van der Waals surface area contributed by atoms with Crippen molar-refractivity contribution in [2.75, 3.05) is 10.6 Å². The van der Waals surface area contributed by atoms with E-state index < -0.39 is 5.60 Å². The monoisotopic (exact) mass is 670 g/mol. The maximum absolute atomic E-state index is 13.8. The van der Waals surface area contributed by atoms with Gasteiger partial charge in [-0.05, 0) is 80.1 Å². The minimum atomic E-state index is -1.14. The molecule has 2 aliphatic heterocycles. The molecule has 2 unspecified atom stereocenters. The van der Waals surface area contributed by atoms with Gasteiger partial charge in [0.05, 0.1) is 11.1 Å². The van der Waals surface area contributed by atoms with Crippen LogP contribution in [-0.4, -0.2) is 12.0 Å². The lowest BCUT2D eigenvalue weighted by Crippen LogP contribution is -2.36. The molecule has 50 heavy (non-hydrogen) atoms. The molecule has 0 saturated heterocycles. The first-order valence-electron chi connectivity index (χ1n) is 19.5. The highest BCUT2D eigenvalue weighted by atomic mass is 16.6. The summed E-state index contributed by atoms with van der Waals surface area (Å²) in [5.74, 6) is 1.78. The van der Waals surface area contributed by atoms with Crippen LogP contribution in [0.15, 0.2) is 84.9 Å². The number of hydrogen-bond donors (Lipinski definition) is 2. The number of rotatable bonds is 15. The van der Waals surface area contributed by atoms with E-state index in [0.717, 1.165) is 51.5 Å². The molecule has 2 heterocycles. The fourth-order valence-electron chi connectivity index (χ4n) is 8.65. The first-order chi connectivity index (χ1) is 24.6. The molecule has 262 valence electrons. The fraction of sp³-hybridized carbons (Fsp3) is 0.444. The highest BCUT2D eigenvalue weighted by Crippen LogP contribution is 2.59. The largest absolute Gasteiger partial charge is 0.456 e. The maximum Gasteiger partial charge on any atom is 0.340 e. The minimum Gasteiger partial charge on any atom is -0.456 e. The van der Waals surface area contributed by atoms with Gasteiger partial charge < -0.3 is 20.1 Å². The third kappa shape index (κ3) is 7.02. The predicted octanol–water partition coefficient (Wildman–Crippen LogP) is 12.6. The topological polar surface area (TPSA) is 59.6 Å². The number of hydrogen-bond acceptors (Lipinski definition) is 5. The van der Waals surface area contributed by atoms with Crippen molar-refractivity contribution in [1.82, 2.24) is 0 Å². The van der Waals surface area contributed by atoms with Gasteiger partial charge in [0.25, 0.3) is 0 Å². The lowest BCUT2D eigenvalue weighted by Gasteiger charge is -2.40. The summed E-state index contributed by atoms with van der Waals surface area (Å²) in [7, 11) is 0. The van der Waals surface area contributed by atoms with Crippen LogP contribution in [0, 0.1) is 12.8 Å². The van der Waals surface area contributed by atoms with E-state index in [1.165, 1.54) is 89.9 Å². The van der Waals surface area contributed by atoms with E-state index in [1.54, 1.807) is 0 Å². The Kier molecular flexibility index (Phi) is 10.8. The first kappa shape index (κ1) is 34.2. The summed E-state index contributed by atoms with van der Waals surface area (Å²) in [6.07, 6.45) is 19.6. The summed E-state index contributed by atoms with van der Waals surface area (Å²) in [5, 5.41) is 7.72. The molecule has 5 heteroatoms. The molecule has 4 aromatic carbocycles. The average molecular weight is 671 g/mol. The number of ether oxygens (including phenoxy) is 2. The standard InChI is InChI=1S/C45H54N2O3/c1-3-4-5-6-7-8-9-10-17-27-38(33-21-13-11-14-22-33)47-39-28-20-29-41-43(39)45(36-26-19-18-25-35(36)44(48)50-45)37-31-40(32(2)30-42(37)49-41)46-34-23-15-12-16-24-34/h12,15-16,18-20,23-26,28-31,33,38,46-47H,3-11,13-14,17,21-22,27H2,1-2H3. The lowest BCUT2D eigenvalue weighted by molar-refractivity contribution is 0.0226. The van der Waals surface area contributed by atoms with E-state index in [2.05, 4.69) is 66.9 Å². The summed E-state index contributed by atoms with van der Waals surface area (Å²) in [4.78, 5) is 13.8. The van der Waals surface area contributed by atoms with Gasteiger partial charge in [0.15, 0.2) is 5.60 Å². The minimum absolute atomic E-state index is 0.300. The summed E-state index contributed by atoms with van der Waals surface area (Å²) >= 11 is 0. The van der Waals surface area contributed by atoms with Crippen molar-refractivity contribution in [3.63, 3.8) is 0 Å². The van der Waals surface area contributed by atoms with E-state index >= 15 is 0 Å². The molecule has 4 aromatic rings. The molecule has 1 saturated carbocycles. The second-order valence-electron chi connectivity index (χ2n) is 14.8. The maximum atomic E-state index is 13.8. The van der Waals surface area contributed by atoms with E-state index in [4.69, 9.17) is 9.47 Å². The molecule has 1 aliphatic carbocycles. The van der Waals surface area contributed by atoms with Crippen LogP contribution in [0.4, 0.5) is 17.1 Å². The van der Waals surface area contributed by atoms with Crippen molar-refractivity contribution in [2.45, 2.75) is 122 Å². The van der Waals surface area contributed by atoms with Crippen LogP contribution >= 0.6 is 0 Å². The van der Waals surface area contributed by atoms with Gasteiger partial charge in [-0.1, -0.05) is 126 Å². The van der Waals surface area contributed by atoms with Crippen molar-refractivity contribution in [3.05, 3.63) is 113 Å². The number of para-hydroxylation sites is 1. The number of nitrogens with one attached hydrogen (secondary N) is 2. The Morgan fingerprint density at radius 3 is 2.24 bits per heavy atom. The molecule has 0 bridgehead atoms. The highest BCUT2D eigenvalue weighted by molar-refractivity contribution is 5.97. The summed E-state index contributed by atoms with van der Waals surface area (Å²) in [5.41, 5.74) is 6.08. The molecule has 5 nitrogen and oxygen atoms in total.